The Bertz CT molecular complexity index is 238. The van der Waals surface area contributed by atoms with Crippen molar-refractivity contribution in [2.45, 2.75) is 56.7 Å². The Balaban J connectivity index is 1.81. The van der Waals surface area contributed by atoms with Gasteiger partial charge in [-0.15, -0.1) is 0 Å². The molecule has 0 bridgehead atoms. The van der Waals surface area contributed by atoms with Crippen LogP contribution in [0.2, 0.25) is 0 Å². The van der Waals surface area contributed by atoms with Crippen LogP contribution in [0, 0.1) is 0 Å². The first-order valence-electron chi connectivity index (χ1n) is 7.46. The number of ether oxygens (including phenoxy) is 1. The lowest BCUT2D eigenvalue weighted by atomic mass is 9.98. The fourth-order valence-corrected chi connectivity index (χ4v) is 3.43. The minimum atomic E-state index is -0.0930. The summed E-state index contributed by atoms with van der Waals surface area (Å²) >= 11 is 0. The van der Waals surface area contributed by atoms with Crippen molar-refractivity contribution in [3.63, 3.8) is 0 Å². The molecule has 2 rings (SSSR count). The van der Waals surface area contributed by atoms with Gasteiger partial charge < -0.3 is 15.2 Å². The van der Waals surface area contributed by atoms with Crippen molar-refractivity contribution in [3.05, 3.63) is 0 Å². The van der Waals surface area contributed by atoms with Crippen LogP contribution < -0.4 is 5.32 Å². The maximum Gasteiger partial charge on any atom is 0.0695 e. The first kappa shape index (κ1) is 14.3. The average molecular weight is 256 g/mol. The molecule has 18 heavy (non-hydrogen) atoms. The molecule has 1 saturated carbocycles. The fraction of sp³-hybridized carbons (Fsp3) is 1.00. The topological polar surface area (TPSA) is 44.7 Å². The summed E-state index contributed by atoms with van der Waals surface area (Å²) in [7, 11) is 1.74. The molecule has 2 fully saturated rings. The molecule has 0 aromatic carbocycles. The van der Waals surface area contributed by atoms with Crippen LogP contribution in [-0.4, -0.2) is 61.5 Å². The van der Waals surface area contributed by atoms with Gasteiger partial charge in [0.05, 0.1) is 12.7 Å². The Labute approximate surface area is 111 Å². The van der Waals surface area contributed by atoms with E-state index >= 15 is 0 Å². The van der Waals surface area contributed by atoms with E-state index in [0.717, 1.165) is 26.1 Å². The number of nitrogens with zero attached hydrogens (tertiary/aromatic N) is 1. The minimum absolute atomic E-state index is 0.0930. The van der Waals surface area contributed by atoms with Crippen LogP contribution >= 0.6 is 0 Å². The molecular weight excluding hydrogens is 228 g/mol. The van der Waals surface area contributed by atoms with Gasteiger partial charge in [-0.2, -0.15) is 0 Å². The van der Waals surface area contributed by atoms with Crippen molar-refractivity contribution in [2.24, 2.45) is 0 Å². The predicted molar refractivity (Wildman–Crippen MR) is 72.7 cm³/mol. The molecule has 2 N–H and O–H groups in total. The van der Waals surface area contributed by atoms with Gasteiger partial charge in [-0.05, 0) is 38.6 Å². The molecule has 4 heteroatoms. The minimum Gasteiger partial charge on any atom is -0.391 e. The lowest BCUT2D eigenvalue weighted by Gasteiger charge is -2.41. The van der Waals surface area contributed by atoms with Gasteiger partial charge in [-0.1, -0.05) is 6.42 Å². The van der Waals surface area contributed by atoms with Gasteiger partial charge in [-0.25, -0.2) is 0 Å². The molecule has 1 saturated heterocycles. The highest BCUT2D eigenvalue weighted by molar-refractivity contribution is 4.91. The van der Waals surface area contributed by atoms with Crippen molar-refractivity contribution in [3.8, 4) is 0 Å². The van der Waals surface area contributed by atoms with E-state index in [-0.39, 0.29) is 6.10 Å². The molecule has 0 amide bonds. The van der Waals surface area contributed by atoms with Crippen molar-refractivity contribution < 1.29 is 9.84 Å². The molecule has 0 spiro atoms. The van der Waals surface area contributed by atoms with Crippen LogP contribution in [0.25, 0.3) is 0 Å². The summed E-state index contributed by atoms with van der Waals surface area (Å²) in [5.74, 6) is 0. The normalized spacial score (nSPS) is 34.0. The van der Waals surface area contributed by atoms with Crippen molar-refractivity contribution in [2.75, 3.05) is 33.4 Å². The second-order valence-electron chi connectivity index (χ2n) is 5.65. The predicted octanol–water partition coefficient (Wildman–Crippen LogP) is 0.990. The average Bonchev–Trinajstić information content (AvgIpc) is 2.81. The molecule has 3 atom stereocenters. The second-order valence-corrected chi connectivity index (χ2v) is 5.65. The van der Waals surface area contributed by atoms with Crippen LogP contribution in [0.1, 0.15) is 38.5 Å². The van der Waals surface area contributed by atoms with E-state index in [0.29, 0.717) is 12.1 Å². The quantitative estimate of drug-likeness (QED) is 0.696. The van der Waals surface area contributed by atoms with E-state index in [4.69, 9.17) is 4.74 Å². The van der Waals surface area contributed by atoms with E-state index in [1.165, 1.54) is 38.6 Å². The highest BCUT2D eigenvalue weighted by Crippen LogP contribution is 2.29. The summed E-state index contributed by atoms with van der Waals surface area (Å²) in [6.45, 7) is 3.90. The molecule has 4 nitrogen and oxygen atoms in total. The SMILES string of the molecule is COCCNCC1CCCCN1C1CCCC1O. The first-order valence-corrected chi connectivity index (χ1v) is 7.46. The summed E-state index contributed by atoms with van der Waals surface area (Å²) < 4.78 is 5.06. The van der Waals surface area contributed by atoms with Gasteiger partial charge in [0.25, 0.3) is 0 Å². The molecule has 2 aliphatic rings. The molecule has 1 heterocycles. The lowest BCUT2D eigenvalue weighted by molar-refractivity contribution is 0.0246. The number of rotatable bonds is 6. The number of hydrogen-bond acceptors (Lipinski definition) is 4. The zero-order chi connectivity index (χ0) is 12.8. The van der Waals surface area contributed by atoms with Gasteiger partial charge in [0.1, 0.15) is 0 Å². The molecule has 3 unspecified atom stereocenters. The van der Waals surface area contributed by atoms with Crippen LogP contribution in [-0.2, 0) is 4.74 Å². The van der Waals surface area contributed by atoms with E-state index in [1.54, 1.807) is 7.11 Å². The number of likely N-dealkylation sites (tertiary alicyclic amines) is 1. The third-order valence-electron chi connectivity index (χ3n) is 4.41. The molecule has 1 aliphatic heterocycles. The Morgan fingerprint density at radius 2 is 2.11 bits per heavy atom. The van der Waals surface area contributed by atoms with Gasteiger partial charge in [0, 0.05) is 32.3 Å². The van der Waals surface area contributed by atoms with Gasteiger partial charge >= 0.3 is 0 Å². The lowest BCUT2D eigenvalue weighted by Crippen LogP contribution is -2.53. The maximum absolute atomic E-state index is 10.1. The van der Waals surface area contributed by atoms with E-state index < -0.39 is 0 Å². The summed E-state index contributed by atoms with van der Waals surface area (Å²) in [4.78, 5) is 2.57. The second kappa shape index (κ2) is 7.43. The number of aliphatic hydroxyl groups is 1. The molecule has 106 valence electrons. The van der Waals surface area contributed by atoms with Crippen molar-refractivity contribution >= 4 is 0 Å². The van der Waals surface area contributed by atoms with Crippen LogP contribution in [0.5, 0.6) is 0 Å². The summed E-state index contributed by atoms with van der Waals surface area (Å²) in [5.41, 5.74) is 0. The third-order valence-corrected chi connectivity index (χ3v) is 4.41. The zero-order valence-corrected chi connectivity index (χ0v) is 11.6. The molecule has 0 radical (unpaired) electrons. The molecular formula is C14H28N2O2. The third kappa shape index (κ3) is 3.67. The van der Waals surface area contributed by atoms with E-state index in [9.17, 15) is 5.11 Å². The number of nitrogens with one attached hydrogen (secondary N) is 1. The Kier molecular flexibility index (Phi) is 5.89. The zero-order valence-electron chi connectivity index (χ0n) is 11.6. The molecule has 0 aromatic heterocycles. The van der Waals surface area contributed by atoms with Crippen LogP contribution in [0.4, 0.5) is 0 Å². The standard InChI is InChI=1S/C14H28N2O2/c1-18-10-8-15-11-12-5-2-3-9-16(12)13-6-4-7-14(13)17/h12-15,17H,2-11H2,1H3. The molecule has 1 aliphatic carbocycles. The summed E-state index contributed by atoms with van der Waals surface area (Å²) in [6.07, 6.45) is 7.15. The smallest absolute Gasteiger partial charge is 0.0695 e. The van der Waals surface area contributed by atoms with Crippen LogP contribution in [0.15, 0.2) is 0 Å². The Hall–Kier alpha value is -0.160. The van der Waals surface area contributed by atoms with Crippen LogP contribution in [0.3, 0.4) is 0 Å². The number of methoxy groups -OCH3 is 1. The number of hydrogen-bond donors (Lipinski definition) is 2. The van der Waals surface area contributed by atoms with E-state index in [1.807, 2.05) is 0 Å². The van der Waals surface area contributed by atoms with Gasteiger partial charge in [-0.3, -0.25) is 4.90 Å². The highest BCUT2D eigenvalue weighted by Gasteiger charge is 2.35. The summed E-state index contributed by atoms with van der Waals surface area (Å²) in [5, 5.41) is 13.6. The van der Waals surface area contributed by atoms with Gasteiger partial charge in [0.2, 0.25) is 0 Å². The fourth-order valence-electron chi connectivity index (χ4n) is 3.43. The van der Waals surface area contributed by atoms with E-state index in [2.05, 4.69) is 10.2 Å². The van der Waals surface area contributed by atoms with Crippen molar-refractivity contribution in [1.82, 2.24) is 10.2 Å². The van der Waals surface area contributed by atoms with Gasteiger partial charge in [0.15, 0.2) is 0 Å². The Morgan fingerprint density at radius 3 is 2.83 bits per heavy atom. The maximum atomic E-state index is 10.1. The Morgan fingerprint density at radius 1 is 1.22 bits per heavy atom. The highest BCUT2D eigenvalue weighted by atomic mass is 16.5. The monoisotopic (exact) mass is 256 g/mol. The van der Waals surface area contributed by atoms with Crippen molar-refractivity contribution in [1.29, 1.82) is 0 Å². The number of piperidine rings is 1. The number of aliphatic hydroxyl groups excluding tert-OH is 1. The largest absolute Gasteiger partial charge is 0.391 e. The summed E-state index contributed by atoms with van der Waals surface area (Å²) in [6, 6.07) is 1.02. The first-order chi connectivity index (χ1) is 8.83. The molecule has 0 aromatic rings.